The minimum atomic E-state index is -0.462. The van der Waals surface area contributed by atoms with Crippen LogP contribution in [0, 0.1) is 0 Å². The molecule has 7 nitrogen and oxygen atoms in total. The molecule has 2 amide bonds. The first-order valence-corrected chi connectivity index (χ1v) is 10.1. The normalized spacial score (nSPS) is 13.8. The zero-order valence-electron chi connectivity index (χ0n) is 16.6. The fourth-order valence-corrected chi connectivity index (χ4v) is 3.55. The summed E-state index contributed by atoms with van der Waals surface area (Å²) < 4.78 is 1.46. The zero-order chi connectivity index (χ0) is 20.9. The Morgan fingerprint density at radius 1 is 0.967 bits per heavy atom. The number of piperidine rings is 1. The quantitative estimate of drug-likeness (QED) is 0.684. The summed E-state index contributed by atoms with van der Waals surface area (Å²) in [6, 6.07) is 16.5. The van der Waals surface area contributed by atoms with E-state index in [1.54, 1.807) is 12.1 Å². The van der Waals surface area contributed by atoms with Crippen LogP contribution in [0.25, 0.3) is 5.69 Å². The number of hydrogen-bond acceptors (Lipinski definition) is 4. The van der Waals surface area contributed by atoms with Crippen molar-refractivity contribution in [2.24, 2.45) is 0 Å². The van der Waals surface area contributed by atoms with Crippen LogP contribution in [0.4, 0.5) is 0 Å². The van der Waals surface area contributed by atoms with Crippen molar-refractivity contribution < 1.29 is 14.7 Å². The van der Waals surface area contributed by atoms with E-state index in [1.165, 1.54) is 17.3 Å². The summed E-state index contributed by atoms with van der Waals surface area (Å²) in [6.07, 6.45) is 4.71. The van der Waals surface area contributed by atoms with Gasteiger partial charge in [0.15, 0.2) is 11.4 Å². The Morgan fingerprint density at radius 2 is 1.67 bits per heavy atom. The van der Waals surface area contributed by atoms with Crippen molar-refractivity contribution in [3.05, 3.63) is 77.6 Å². The average molecular weight is 404 g/mol. The van der Waals surface area contributed by atoms with Crippen LogP contribution in [-0.4, -0.2) is 44.7 Å². The molecule has 30 heavy (non-hydrogen) atoms. The SMILES string of the molecule is O=C(NCc1ccc(C(=O)N2CCCCC2)cc1)c1nn(-c2ccccc2)cc1O. The highest BCUT2D eigenvalue weighted by Gasteiger charge is 2.19. The summed E-state index contributed by atoms with van der Waals surface area (Å²) in [4.78, 5) is 26.9. The van der Waals surface area contributed by atoms with Crippen LogP contribution >= 0.6 is 0 Å². The second-order valence-corrected chi connectivity index (χ2v) is 7.38. The van der Waals surface area contributed by atoms with Gasteiger partial charge < -0.3 is 15.3 Å². The summed E-state index contributed by atoms with van der Waals surface area (Å²) in [6.45, 7) is 1.90. The van der Waals surface area contributed by atoms with Gasteiger partial charge in [-0.1, -0.05) is 30.3 Å². The fraction of sp³-hybridized carbons (Fsp3) is 0.261. The first-order chi connectivity index (χ1) is 14.6. The number of carbonyl (C=O) groups excluding carboxylic acids is 2. The Bertz CT molecular complexity index is 1020. The molecular weight excluding hydrogens is 380 g/mol. The zero-order valence-corrected chi connectivity index (χ0v) is 16.6. The molecule has 7 heteroatoms. The molecule has 2 heterocycles. The molecule has 2 aromatic carbocycles. The van der Waals surface area contributed by atoms with Crippen molar-refractivity contribution in [2.45, 2.75) is 25.8 Å². The Morgan fingerprint density at radius 3 is 2.37 bits per heavy atom. The topological polar surface area (TPSA) is 87.5 Å². The number of aromatic hydroxyl groups is 1. The van der Waals surface area contributed by atoms with E-state index in [2.05, 4.69) is 10.4 Å². The summed E-state index contributed by atoms with van der Waals surface area (Å²) in [5, 5.41) is 17.0. The van der Waals surface area contributed by atoms with Crippen LogP contribution in [0.2, 0.25) is 0 Å². The van der Waals surface area contributed by atoms with E-state index in [9.17, 15) is 14.7 Å². The number of rotatable bonds is 5. The van der Waals surface area contributed by atoms with E-state index < -0.39 is 5.91 Å². The molecule has 3 aromatic rings. The van der Waals surface area contributed by atoms with Gasteiger partial charge in [-0.05, 0) is 49.1 Å². The second-order valence-electron chi connectivity index (χ2n) is 7.38. The van der Waals surface area contributed by atoms with E-state index in [1.807, 2.05) is 47.4 Å². The van der Waals surface area contributed by atoms with Crippen molar-refractivity contribution >= 4 is 11.8 Å². The van der Waals surface area contributed by atoms with Gasteiger partial charge in [-0.25, -0.2) is 4.68 Å². The van der Waals surface area contributed by atoms with Gasteiger partial charge in [0.25, 0.3) is 11.8 Å². The largest absolute Gasteiger partial charge is 0.504 e. The lowest BCUT2D eigenvalue weighted by Gasteiger charge is -2.26. The molecule has 1 saturated heterocycles. The molecular formula is C23H24N4O3. The third-order valence-corrected chi connectivity index (χ3v) is 5.23. The molecule has 1 aliphatic rings. The summed E-state index contributed by atoms with van der Waals surface area (Å²) in [7, 11) is 0. The lowest BCUT2D eigenvalue weighted by Crippen LogP contribution is -2.35. The maximum absolute atomic E-state index is 12.5. The van der Waals surface area contributed by atoms with Gasteiger partial charge in [-0.3, -0.25) is 9.59 Å². The summed E-state index contributed by atoms with van der Waals surface area (Å²) in [5.41, 5.74) is 2.24. The minimum Gasteiger partial charge on any atom is -0.504 e. The monoisotopic (exact) mass is 404 g/mol. The number of nitrogens with zero attached hydrogens (tertiary/aromatic N) is 3. The van der Waals surface area contributed by atoms with E-state index >= 15 is 0 Å². The van der Waals surface area contributed by atoms with E-state index in [0.717, 1.165) is 37.2 Å². The summed E-state index contributed by atoms with van der Waals surface area (Å²) >= 11 is 0. The van der Waals surface area contributed by atoms with Crippen LogP contribution in [-0.2, 0) is 6.54 Å². The maximum atomic E-state index is 12.5. The Balaban J connectivity index is 1.37. The first kappa shape index (κ1) is 19.7. The molecule has 1 aliphatic heterocycles. The molecule has 0 unspecified atom stereocenters. The fourth-order valence-electron chi connectivity index (χ4n) is 3.55. The lowest BCUT2D eigenvalue weighted by molar-refractivity contribution is 0.0724. The second kappa shape index (κ2) is 8.82. The maximum Gasteiger partial charge on any atom is 0.275 e. The Labute approximate surface area is 174 Å². The molecule has 0 aliphatic carbocycles. The molecule has 154 valence electrons. The number of hydrogen-bond donors (Lipinski definition) is 2. The molecule has 2 N–H and O–H groups in total. The smallest absolute Gasteiger partial charge is 0.275 e. The van der Waals surface area contributed by atoms with Crippen LogP contribution < -0.4 is 5.32 Å². The number of carbonyl (C=O) groups is 2. The lowest BCUT2D eigenvalue weighted by atomic mass is 10.1. The molecule has 0 spiro atoms. The third kappa shape index (κ3) is 4.35. The summed E-state index contributed by atoms with van der Waals surface area (Å²) in [5.74, 6) is -0.587. The Hall–Kier alpha value is -3.61. The predicted molar refractivity (Wildman–Crippen MR) is 113 cm³/mol. The minimum absolute atomic E-state index is 0.0317. The first-order valence-electron chi connectivity index (χ1n) is 10.1. The van der Waals surface area contributed by atoms with Crippen molar-refractivity contribution in [3.8, 4) is 11.4 Å². The molecule has 0 saturated carbocycles. The van der Waals surface area contributed by atoms with Gasteiger partial charge in [-0.2, -0.15) is 5.10 Å². The van der Waals surface area contributed by atoms with Gasteiger partial charge in [0.1, 0.15) is 0 Å². The highest BCUT2D eigenvalue weighted by molar-refractivity contribution is 5.95. The standard InChI is InChI=1S/C23H24N4O3/c28-20-16-27(19-7-3-1-4-8-19)25-21(20)22(29)24-15-17-9-11-18(12-10-17)23(30)26-13-5-2-6-14-26/h1,3-4,7-12,16,28H,2,5-6,13-15H2,(H,24,29). The van der Waals surface area contributed by atoms with Crippen molar-refractivity contribution in [2.75, 3.05) is 13.1 Å². The molecule has 0 bridgehead atoms. The van der Waals surface area contributed by atoms with Crippen molar-refractivity contribution in [1.82, 2.24) is 20.0 Å². The van der Waals surface area contributed by atoms with E-state index in [4.69, 9.17) is 0 Å². The number of likely N-dealkylation sites (tertiary alicyclic amines) is 1. The predicted octanol–water partition coefficient (Wildman–Crippen LogP) is 3.13. The van der Waals surface area contributed by atoms with E-state index in [-0.39, 0.29) is 23.9 Å². The number of aromatic nitrogens is 2. The van der Waals surface area contributed by atoms with Crippen molar-refractivity contribution in [1.29, 1.82) is 0 Å². The average Bonchev–Trinajstić information content (AvgIpc) is 3.20. The molecule has 1 fully saturated rings. The highest BCUT2D eigenvalue weighted by Crippen LogP contribution is 2.18. The van der Waals surface area contributed by atoms with E-state index in [0.29, 0.717) is 5.56 Å². The number of para-hydroxylation sites is 1. The van der Waals surface area contributed by atoms with Gasteiger partial charge in [0, 0.05) is 25.2 Å². The van der Waals surface area contributed by atoms with Gasteiger partial charge in [0.05, 0.1) is 11.9 Å². The van der Waals surface area contributed by atoms with Gasteiger partial charge >= 0.3 is 0 Å². The highest BCUT2D eigenvalue weighted by atomic mass is 16.3. The molecule has 0 atom stereocenters. The number of benzene rings is 2. The van der Waals surface area contributed by atoms with Crippen LogP contribution in [0.15, 0.2) is 60.8 Å². The van der Waals surface area contributed by atoms with Gasteiger partial charge in [-0.15, -0.1) is 0 Å². The Kier molecular flexibility index (Phi) is 5.79. The van der Waals surface area contributed by atoms with Gasteiger partial charge in [0.2, 0.25) is 0 Å². The van der Waals surface area contributed by atoms with Crippen molar-refractivity contribution in [3.63, 3.8) is 0 Å². The van der Waals surface area contributed by atoms with Crippen LogP contribution in [0.1, 0.15) is 45.7 Å². The molecule has 1 aromatic heterocycles. The number of amides is 2. The molecule has 4 rings (SSSR count). The van der Waals surface area contributed by atoms with Crippen LogP contribution in [0.5, 0.6) is 5.75 Å². The number of nitrogens with one attached hydrogen (secondary N) is 1. The third-order valence-electron chi connectivity index (χ3n) is 5.23. The van der Waals surface area contributed by atoms with Crippen LogP contribution in [0.3, 0.4) is 0 Å². The molecule has 0 radical (unpaired) electrons.